The second kappa shape index (κ2) is 4.08. The number of nitrogens with zero attached hydrogens (tertiary/aromatic N) is 2. The van der Waals surface area contributed by atoms with Gasteiger partial charge in [0.1, 0.15) is 18.7 Å². The van der Waals surface area contributed by atoms with Crippen molar-refractivity contribution in [3.8, 4) is 6.07 Å². The molecule has 1 heterocycles. The van der Waals surface area contributed by atoms with Crippen LogP contribution in [0.4, 0.5) is 0 Å². The maximum Gasteiger partial charge on any atom is 0.343 e. The van der Waals surface area contributed by atoms with E-state index >= 15 is 0 Å². The van der Waals surface area contributed by atoms with Gasteiger partial charge >= 0.3 is 5.15 Å². The van der Waals surface area contributed by atoms with Crippen molar-refractivity contribution in [2.24, 2.45) is 0 Å². The number of halogens is 1. The monoisotopic (exact) mass is 223 g/mol. The Labute approximate surface area is 93.8 Å². The van der Waals surface area contributed by atoms with Gasteiger partial charge in [-0.15, -0.1) is 0 Å². The van der Waals surface area contributed by atoms with E-state index in [9.17, 15) is 0 Å². The molecule has 0 atom stereocenters. The molecular weight excluding hydrogens is 212 g/mol. The maximum atomic E-state index is 8.94. The molecule has 0 N–H and O–H groups in total. The highest BCUT2D eigenvalue weighted by molar-refractivity contribution is 6.29. The zero-order valence-electron chi connectivity index (χ0n) is 8.59. The third-order valence-corrected chi connectivity index (χ3v) is 3.10. The fourth-order valence-electron chi connectivity index (χ4n) is 2.03. The summed E-state index contributed by atoms with van der Waals surface area (Å²) in [5.41, 5.74) is 2.77. The Kier molecular flexibility index (Phi) is 2.79. The first-order valence-electron chi connectivity index (χ1n) is 4.99. The smallest absolute Gasteiger partial charge is 0.273 e. The SMILES string of the molecule is CO[n+]1c(Cl)c(C#N)cc2c1CCCC2. The van der Waals surface area contributed by atoms with Gasteiger partial charge in [0.25, 0.3) is 0 Å². The lowest BCUT2D eigenvalue weighted by Crippen LogP contribution is -2.47. The lowest BCUT2D eigenvalue weighted by molar-refractivity contribution is -0.889. The van der Waals surface area contributed by atoms with E-state index in [1.807, 2.05) is 6.07 Å². The fraction of sp³-hybridized carbons (Fsp3) is 0.455. The molecular formula is C11H12ClN2O+. The molecule has 1 aromatic rings. The van der Waals surface area contributed by atoms with Crippen LogP contribution in [-0.2, 0) is 12.8 Å². The van der Waals surface area contributed by atoms with Gasteiger partial charge in [-0.05, 0) is 36.9 Å². The van der Waals surface area contributed by atoms with Gasteiger partial charge in [0.2, 0.25) is 5.69 Å². The van der Waals surface area contributed by atoms with Crippen molar-refractivity contribution in [1.82, 2.24) is 0 Å². The van der Waals surface area contributed by atoms with Crippen LogP contribution in [-0.4, -0.2) is 7.11 Å². The summed E-state index contributed by atoms with van der Waals surface area (Å²) in [6, 6.07) is 3.97. The number of nitriles is 1. The van der Waals surface area contributed by atoms with Gasteiger partial charge in [-0.2, -0.15) is 5.26 Å². The van der Waals surface area contributed by atoms with E-state index in [2.05, 4.69) is 6.07 Å². The summed E-state index contributed by atoms with van der Waals surface area (Å²) in [5.74, 6) is 0. The average molecular weight is 224 g/mol. The highest BCUT2D eigenvalue weighted by Crippen LogP contribution is 2.22. The third-order valence-electron chi connectivity index (χ3n) is 2.75. The normalized spacial score (nSPS) is 14.2. The van der Waals surface area contributed by atoms with Gasteiger partial charge in [-0.25, -0.2) is 0 Å². The molecule has 4 heteroatoms. The van der Waals surface area contributed by atoms with Gasteiger partial charge in [0.15, 0.2) is 0 Å². The van der Waals surface area contributed by atoms with E-state index in [0.29, 0.717) is 10.7 Å². The Morgan fingerprint density at radius 3 is 2.87 bits per heavy atom. The van der Waals surface area contributed by atoms with Crippen LogP contribution in [0, 0.1) is 11.3 Å². The summed E-state index contributed by atoms with van der Waals surface area (Å²) in [6.07, 6.45) is 4.29. The second-order valence-corrected chi connectivity index (χ2v) is 3.97. The van der Waals surface area contributed by atoms with Crippen LogP contribution < -0.4 is 9.57 Å². The molecule has 0 bridgehead atoms. The largest absolute Gasteiger partial charge is 0.343 e. The first-order chi connectivity index (χ1) is 7.27. The highest BCUT2D eigenvalue weighted by atomic mass is 35.5. The number of pyridine rings is 1. The summed E-state index contributed by atoms with van der Waals surface area (Å²) >= 11 is 6.06. The van der Waals surface area contributed by atoms with Crippen molar-refractivity contribution in [2.45, 2.75) is 25.7 Å². The average Bonchev–Trinajstić information content (AvgIpc) is 2.28. The molecule has 0 radical (unpaired) electrons. The molecule has 1 aliphatic carbocycles. The lowest BCUT2D eigenvalue weighted by atomic mass is 9.95. The zero-order valence-corrected chi connectivity index (χ0v) is 9.34. The summed E-state index contributed by atoms with van der Waals surface area (Å²) in [4.78, 5) is 5.22. The molecule has 2 rings (SSSR count). The van der Waals surface area contributed by atoms with Gasteiger partial charge in [-0.3, -0.25) is 4.84 Å². The fourth-order valence-corrected chi connectivity index (χ4v) is 2.30. The van der Waals surface area contributed by atoms with E-state index in [-0.39, 0.29) is 0 Å². The van der Waals surface area contributed by atoms with Gasteiger partial charge < -0.3 is 0 Å². The van der Waals surface area contributed by atoms with Crippen molar-refractivity contribution in [3.63, 3.8) is 0 Å². The summed E-state index contributed by atoms with van der Waals surface area (Å²) in [6.45, 7) is 0. The summed E-state index contributed by atoms with van der Waals surface area (Å²) in [7, 11) is 1.57. The third kappa shape index (κ3) is 1.66. The van der Waals surface area contributed by atoms with E-state index in [4.69, 9.17) is 21.7 Å². The van der Waals surface area contributed by atoms with Crippen LogP contribution >= 0.6 is 11.6 Å². The van der Waals surface area contributed by atoms with E-state index in [0.717, 1.165) is 25.0 Å². The van der Waals surface area contributed by atoms with E-state index < -0.39 is 0 Å². The first-order valence-corrected chi connectivity index (χ1v) is 5.36. The molecule has 0 spiro atoms. The van der Waals surface area contributed by atoms with Gasteiger partial charge in [0.05, 0.1) is 0 Å². The molecule has 0 unspecified atom stereocenters. The van der Waals surface area contributed by atoms with Crippen LogP contribution in [0.1, 0.15) is 29.7 Å². The summed E-state index contributed by atoms with van der Waals surface area (Å²) < 4.78 is 1.58. The molecule has 15 heavy (non-hydrogen) atoms. The van der Waals surface area contributed by atoms with Gasteiger partial charge in [0, 0.05) is 16.7 Å². The maximum absolute atomic E-state index is 8.94. The molecule has 0 aliphatic heterocycles. The minimum atomic E-state index is 0.376. The topological polar surface area (TPSA) is 36.9 Å². The van der Waals surface area contributed by atoms with Crippen LogP contribution in [0.3, 0.4) is 0 Å². The number of hydrogen-bond donors (Lipinski definition) is 0. The molecule has 78 valence electrons. The van der Waals surface area contributed by atoms with E-state index in [1.54, 1.807) is 11.8 Å². The first kappa shape index (κ1) is 10.3. The number of rotatable bonds is 1. The number of aromatic nitrogens is 1. The number of aryl methyl sites for hydroxylation is 1. The lowest BCUT2D eigenvalue weighted by Gasteiger charge is -2.12. The summed E-state index contributed by atoms with van der Waals surface area (Å²) in [5, 5.41) is 9.31. The van der Waals surface area contributed by atoms with Crippen molar-refractivity contribution >= 4 is 11.6 Å². The molecule has 0 saturated carbocycles. The Bertz CT molecular complexity index is 437. The van der Waals surface area contributed by atoms with E-state index in [1.165, 1.54) is 12.0 Å². The number of hydrogen-bond acceptors (Lipinski definition) is 2. The quantitative estimate of drug-likeness (QED) is 0.534. The Morgan fingerprint density at radius 2 is 2.20 bits per heavy atom. The second-order valence-electron chi connectivity index (χ2n) is 3.62. The Balaban J connectivity index is 2.64. The van der Waals surface area contributed by atoms with Crippen LogP contribution in [0.25, 0.3) is 0 Å². The van der Waals surface area contributed by atoms with Crippen molar-refractivity contribution in [2.75, 3.05) is 7.11 Å². The molecule has 0 saturated heterocycles. The Hall–Kier alpha value is -1.27. The number of fused-ring (bicyclic) bond motifs is 1. The predicted molar refractivity (Wildman–Crippen MR) is 55.5 cm³/mol. The van der Waals surface area contributed by atoms with Gasteiger partial charge in [-0.1, -0.05) is 0 Å². The molecule has 1 aliphatic rings. The molecule has 0 amide bonds. The molecule has 3 nitrogen and oxygen atoms in total. The van der Waals surface area contributed by atoms with Crippen molar-refractivity contribution < 1.29 is 9.57 Å². The van der Waals surface area contributed by atoms with Crippen molar-refractivity contribution in [3.05, 3.63) is 28.0 Å². The van der Waals surface area contributed by atoms with Crippen LogP contribution in [0.2, 0.25) is 5.15 Å². The standard InChI is InChI=1S/C11H12ClN2O/c1-15-14-10-5-3-2-4-8(10)6-9(7-13)11(14)12/h6H,2-5H2,1H3/q+1. The van der Waals surface area contributed by atoms with Crippen molar-refractivity contribution in [1.29, 1.82) is 5.26 Å². The molecule has 1 aromatic heterocycles. The minimum Gasteiger partial charge on any atom is -0.273 e. The zero-order chi connectivity index (χ0) is 10.8. The van der Waals surface area contributed by atoms with Crippen LogP contribution in [0.5, 0.6) is 0 Å². The predicted octanol–water partition coefficient (Wildman–Crippen LogP) is 1.44. The Morgan fingerprint density at radius 1 is 1.47 bits per heavy atom. The molecule has 0 fully saturated rings. The minimum absolute atomic E-state index is 0.376. The van der Waals surface area contributed by atoms with Crippen LogP contribution in [0.15, 0.2) is 6.07 Å². The highest BCUT2D eigenvalue weighted by Gasteiger charge is 2.28. The molecule has 0 aromatic carbocycles.